The molecule has 2 bridgehead atoms. The maximum Gasteiger partial charge on any atom is 0.166 e. The number of nitrogen functional groups attached to an aromatic ring is 1. The monoisotopic (exact) mass is 458 g/mol. The molecule has 0 saturated heterocycles. The molecule has 0 fully saturated rings. The minimum Gasteiger partial charge on any atom is -0.482 e. The van der Waals surface area contributed by atoms with Crippen molar-refractivity contribution in [3.63, 3.8) is 0 Å². The first kappa shape index (κ1) is 20.9. The van der Waals surface area contributed by atoms with E-state index in [1.165, 1.54) is 17.7 Å². The van der Waals surface area contributed by atoms with E-state index in [0.29, 0.717) is 11.6 Å². The first-order valence-electron chi connectivity index (χ1n) is 11.9. The smallest absolute Gasteiger partial charge is 0.166 e. The van der Waals surface area contributed by atoms with Crippen LogP contribution in [0.25, 0.3) is 22.5 Å². The number of ether oxygens (including phenoxy) is 1. The van der Waals surface area contributed by atoms with E-state index < -0.39 is 6.10 Å². The van der Waals surface area contributed by atoms with Gasteiger partial charge in [0, 0.05) is 59.2 Å². The Labute approximate surface area is 197 Å². The molecule has 2 N–H and O–H groups in total. The van der Waals surface area contributed by atoms with E-state index in [9.17, 15) is 4.39 Å². The molecule has 3 aromatic heterocycles. The van der Waals surface area contributed by atoms with Gasteiger partial charge in [0.2, 0.25) is 0 Å². The summed E-state index contributed by atoms with van der Waals surface area (Å²) >= 11 is 0. The quantitative estimate of drug-likeness (QED) is 0.452. The predicted molar refractivity (Wildman–Crippen MR) is 128 cm³/mol. The molecule has 8 heteroatoms. The Hall–Kier alpha value is -3.68. The predicted octanol–water partition coefficient (Wildman–Crippen LogP) is 5.10. The van der Waals surface area contributed by atoms with E-state index in [-0.39, 0.29) is 11.7 Å². The number of rotatable bonds is 2. The van der Waals surface area contributed by atoms with Crippen molar-refractivity contribution in [3.8, 4) is 28.3 Å². The molecule has 34 heavy (non-hydrogen) atoms. The molecule has 0 saturated carbocycles. The zero-order valence-electron chi connectivity index (χ0n) is 19.5. The van der Waals surface area contributed by atoms with Crippen molar-refractivity contribution in [2.75, 3.05) is 5.73 Å². The van der Waals surface area contributed by atoms with Crippen LogP contribution in [0, 0.1) is 5.82 Å². The van der Waals surface area contributed by atoms with Crippen molar-refractivity contribution >= 4 is 5.82 Å². The lowest BCUT2D eigenvalue weighted by Crippen LogP contribution is -2.11. The van der Waals surface area contributed by atoms with Crippen molar-refractivity contribution in [1.29, 1.82) is 0 Å². The normalized spacial score (nSPS) is 18.4. The summed E-state index contributed by atoms with van der Waals surface area (Å²) in [6.07, 6.45) is 5.32. The standard InChI is InChI=1S/C26H27FN6O/c1-4-32-13-20-17-8-9-21-23(17)25(33(5-2)30-21)15-10-22(26(28)29-12-15)34-14(3)19-11-16(27)6-7-18(19)24(20)31-32/h6-7,10-14,17H,4-5,8-9H2,1-3H3,(H2,28,29)/t14-,17?/m1/s1. The molecule has 6 rings (SSSR count). The summed E-state index contributed by atoms with van der Waals surface area (Å²) in [6.45, 7) is 7.57. The molecule has 1 aliphatic carbocycles. The molecule has 4 aromatic rings. The number of benzene rings is 1. The van der Waals surface area contributed by atoms with Gasteiger partial charge in [-0.05, 0) is 57.9 Å². The third kappa shape index (κ3) is 3.04. The summed E-state index contributed by atoms with van der Waals surface area (Å²) in [6, 6.07) is 6.78. The van der Waals surface area contributed by atoms with Crippen molar-refractivity contribution in [2.45, 2.75) is 58.7 Å². The molecule has 2 aliphatic rings. The van der Waals surface area contributed by atoms with Crippen LogP contribution >= 0.6 is 0 Å². The molecule has 1 unspecified atom stereocenters. The van der Waals surface area contributed by atoms with Crippen molar-refractivity contribution in [2.24, 2.45) is 0 Å². The van der Waals surface area contributed by atoms with Gasteiger partial charge in [-0.1, -0.05) is 0 Å². The number of halogens is 1. The highest BCUT2D eigenvalue weighted by molar-refractivity contribution is 5.74. The van der Waals surface area contributed by atoms with Gasteiger partial charge in [0.1, 0.15) is 11.9 Å². The Morgan fingerprint density at radius 2 is 2.00 bits per heavy atom. The summed E-state index contributed by atoms with van der Waals surface area (Å²) in [4.78, 5) is 4.45. The summed E-state index contributed by atoms with van der Waals surface area (Å²) in [5.74, 6) is 0.604. The van der Waals surface area contributed by atoms with Gasteiger partial charge in [0.25, 0.3) is 0 Å². The Morgan fingerprint density at radius 3 is 2.79 bits per heavy atom. The van der Waals surface area contributed by atoms with Crippen LogP contribution in [0.4, 0.5) is 10.2 Å². The molecule has 174 valence electrons. The van der Waals surface area contributed by atoms with E-state index in [4.69, 9.17) is 20.7 Å². The zero-order chi connectivity index (χ0) is 23.6. The topological polar surface area (TPSA) is 83.8 Å². The lowest BCUT2D eigenvalue weighted by molar-refractivity contribution is 0.227. The number of anilines is 1. The number of nitrogens with zero attached hydrogens (tertiary/aromatic N) is 5. The number of hydrogen-bond acceptors (Lipinski definition) is 5. The molecule has 1 aromatic carbocycles. The highest BCUT2D eigenvalue weighted by atomic mass is 19.1. The molecular formula is C26H27FN6O. The summed E-state index contributed by atoms with van der Waals surface area (Å²) in [5.41, 5.74) is 14.1. The summed E-state index contributed by atoms with van der Waals surface area (Å²) in [5, 5.41) is 9.89. The maximum absolute atomic E-state index is 14.4. The molecule has 1 aliphatic heterocycles. The van der Waals surface area contributed by atoms with Gasteiger partial charge >= 0.3 is 0 Å². The van der Waals surface area contributed by atoms with E-state index in [0.717, 1.165) is 65.3 Å². The fourth-order valence-electron chi connectivity index (χ4n) is 5.43. The fraction of sp³-hybridized carbons (Fsp3) is 0.346. The molecular weight excluding hydrogens is 431 g/mol. The minimum absolute atomic E-state index is 0.134. The van der Waals surface area contributed by atoms with Crippen molar-refractivity contribution in [1.82, 2.24) is 24.5 Å². The van der Waals surface area contributed by atoms with Crippen molar-refractivity contribution < 1.29 is 9.13 Å². The largest absolute Gasteiger partial charge is 0.482 e. The van der Waals surface area contributed by atoms with Crippen molar-refractivity contribution in [3.05, 3.63) is 64.9 Å². The first-order chi connectivity index (χ1) is 16.5. The number of aryl methyl sites for hydroxylation is 3. The number of aromatic nitrogens is 5. The van der Waals surface area contributed by atoms with Crippen LogP contribution in [0.1, 0.15) is 61.6 Å². The summed E-state index contributed by atoms with van der Waals surface area (Å²) < 4.78 is 24.8. The Morgan fingerprint density at radius 1 is 1.15 bits per heavy atom. The van der Waals surface area contributed by atoms with Crippen LogP contribution in [-0.4, -0.2) is 24.5 Å². The molecule has 0 radical (unpaired) electrons. The third-order valence-corrected chi connectivity index (χ3v) is 7.04. The average molecular weight is 459 g/mol. The van der Waals surface area contributed by atoms with Gasteiger partial charge in [-0.2, -0.15) is 10.2 Å². The van der Waals surface area contributed by atoms with Crippen LogP contribution < -0.4 is 10.5 Å². The Kier molecular flexibility index (Phi) is 4.72. The second kappa shape index (κ2) is 7.68. The van der Waals surface area contributed by atoms with Gasteiger partial charge < -0.3 is 10.5 Å². The Bertz CT molecular complexity index is 1420. The average Bonchev–Trinajstić information content (AvgIpc) is 3.52. The van der Waals surface area contributed by atoms with E-state index in [2.05, 4.69) is 29.7 Å². The zero-order valence-corrected chi connectivity index (χ0v) is 19.5. The highest BCUT2D eigenvalue weighted by Crippen LogP contribution is 2.48. The SMILES string of the molecule is CCn1cc2c(n1)-c1ccc(F)cc1[C@@H](C)Oc1cc(cnc1N)-c1c3c(nn1CC)CCC23. The maximum atomic E-state index is 14.4. The van der Waals surface area contributed by atoms with Crippen LogP contribution in [0.15, 0.2) is 36.7 Å². The highest BCUT2D eigenvalue weighted by Gasteiger charge is 2.36. The molecule has 4 heterocycles. The number of nitrogens with two attached hydrogens (primary N) is 1. The minimum atomic E-state index is -0.459. The lowest BCUT2D eigenvalue weighted by atomic mass is 9.88. The van der Waals surface area contributed by atoms with E-state index in [1.807, 2.05) is 23.7 Å². The summed E-state index contributed by atoms with van der Waals surface area (Å²) in [7, 11) is 0. The third-order valence-electron chi connectivity index (χ3n) is 7.04. The lowest BCUT2D eigenvalue weighted by Gasteiger charge is -2.22. The van der Waals surface area contributed by atoms with Gasteiger partial charge in [0.15, 0.2) is 11.6 Å². The van der Waals surface area contributed by atoms with Gasteiger partial charge in [-0.3, -0.25) is 9.36 Å². The number of pyridine rings is 1. The fourth-order valence-corrected chi connectivity index (χ4v) is 5.43. The van der Waals surface area contributed by atoms with Crippen LogP contribution in [0.5, 0.6) is 5.75 Å². The second-order valence-corrected chi connectivity index (χ2v) is 9.00. The van der Waals surface area contributed by atoms with Crippen LogP contribution in [-0.2, 0) is 19.5 Å². The molecule has 2 atom stereocenters. The molecule has 0 amide bonds. The van der Waals surface area contributed by atoms with Crippen LogP contribution in [0.2, 0.25) is 0 Å². The van der Waals surface area contributed by atoms with Gasteiger partial charge in [-0.25, -0.2) is 9.37 Å². The molecule has 0 spiro atoms. The Balaban J connectivity index is 1.70. The number of hydrogen-bond donors (Lipinski definition) is 1. The van der Waals surface area contributed by atoms with Crippen LogP contribution in [0.3, 0.4) is 0 Å². The van der Waals surface area contributed by atoms with E-state index in [1.54, 1.807) is 6.20 Å². The van der Waals surface area contributed by atoms with Gasteiger partial charge in [0.05, 0.1) is 17.1 Å². The van der Waals surface area contributed by atoms with Gasteiger partial charge in [-0.15, -0.1) is 0 Å². The first-order valence-corrected chi connectivity index (χ1v) is 11.9. The second-order valence-electron chi connectivity index (χ2n) is 9.00. The molecule has 7 nitrogen and oxygen atoms in total. The van der Waals surface area contributed by atoms with E-state index >= 15 is 0 Å². The number of fused-ring (bicyclic) bond motifs is 7.